The topological polar surface area (TPSA) is 17.1 Å². The number of hydrogen-bond acceptors (Lipinski definition) is 2. The van der Waals surface area contributed by atoms with Crippen molar-refractivity contribution < 1.29 is 4.79 Å². The number of hydrogen-bond donors (Lipinski definition) is 0. The van der Waals surface area contributed by atoms with Gasteiger partial charge >= 0.3 is 0 Å². The van der Waals surface area contributed by atoms with E-state index in [0.29, 0.717) is 20.7 Å². The summed E-state index contributed by atoms with van der Waals surface area (Å²) in [5.74, 6) is 0.0608. The summed E-state index contributed by atoms with van der Waals surface area (Å²) < 4.78 is 1.05. The second kappa shape index (κ2) is 4.21. The molecule has 0 saturated heterocycles. The minimum atomic E-state index is -0.0190. The molecule has 0 atom stereocenters. The summed E-state index contributed by atoms with van der Waals surface area (Å²) in [4.78, 5) is 11.8. The van der Waals surface area contributed by atoms with Crippen LogP contribution in [0.5, 0.6) is 0 Å². The third kappa shape index (κ3) is 3.26. The first-order valence-electron chi connectivity index (χ1n) is 4.27. The van der Waals surface area contributed by atoms with Crippen LogP contribution in [-0.2, 0) is 0 Å². The van der Waals surface area contributed by atoms with Crippen LogP contribution < -0.4 is 0 Å². The zero-order valence-electron chi connectivity index (χ0n) is 8.36. The van der Waals surface area contributed by atoms with Gasteiger partial charge in [0, 0.05) is 12.0 Å². The number of carbonyl (C=O) groups is 1. The van der Waals surface area contributed by atoms with Crippen molar-refractivity contribution in [1.29, 1.82) is 0 Å². The highest BCUT2D eigenvalue weighted by atomic mass is 35.5. The van der Waals surface area contributed by atoms with Crippen LogP contribution in [0.1, 0.15) is 37.6 Å². The van der Waals surface area contributed by atoms with Crippen LogP contribution in [0.2, 0.25) is 8.67 Å². The molecule has 0 N–H and O–H groups in total. The van der Waals surface area contributed by atoms with Gasteiger partial charge in [-0.2, -0.15) is 0 Å². The summed E-state index contributed by atoms with van der Waals surface area (Å²) in [6.07, 6.45) is 0.486. The number of halogens is 2. The van der Waals surface area contributed by atoms with E-state index in [2.05, 4.69) is 0 Å². The molecule has 0 aliphatic carbocycles. The molecule has 0 aliphatic rings. The molecule has 0 saturated carbocycles. The van der Waals surface area contributed by atoms with E-state index in [0.717, 1.165) is 0 Å². The summed E-state index contributed by atoms with van der Waals surface area (Å²) in [6.45, 7) is 6.06. The molecule has 1 nitrogen and oxygen atoms in total. The lowest BCUT2D eigenvalue weighted by atomic mass is 9.88. The van der Waals surface area contributed by atoms with Gasteiger partial charge in [0.15, 0.2) is 5.78 Å². The molecule has 1 aromatic heterocycles. The lowest BCUT2D eigenvalue weighted by Gasteiger charge is -2.16. The Balaban J connectivity index is 2.85. The van der Waals surface area contributed by atoms with Crippen molar-refractivity contribution in [3.8, 4) is 0 Å². The first kappa shape index (κ1) is 12.0. The highest BCUT2D eigenvalue weighted by Gasteiger charge is 2.20. The van der Waals surface area contributed by atoms with Crippen LogP contribution in [-0.4, -0.2) is 5.78 Å². The van der Waals surface area contributed by atoms with Crippen LogP contribution in [0, 0.1) is 5.41 Å². The minimum absolute atomic E-state index is 0.0190. The molecular formula is C10H12Cl2OS. The van der Waals surface area contributed by atoms with Gasteiger partial charge in [0.2, 0.25) is 0 Å². The molecule has 4 heteroatoms. The molecule has 78 valence electrons. The third-order valence-corrected chi connectivity index (χ3v) is 3.14. The Hall–Kier alpha value is -0.0500. The highest BCUT2D eigenvalue weighted by molar-refractivity contribution is 7.20. The molecule has 1 rings (SSSR count). The summed E-state index contributed by atoms with van der Waals surface area (Å²) in [7, 11) is 0. The van der Waals surface area contributed by atoms with Gasteiger partial charge in [-0.05, 0) is 11.5 Å². The molecule has 0 bridgehead atoms. The Bertz CT molecular complexity index is 349. The zero-order chi connectivity index (χ0) is 10.9. The quantitative estimate of drug-likeness (QED) is 0.698. The average molecular weight is 251 g/mol. The van der Waals surface area contributed by atoms with E-state index in [1.807, 2.05) is 20.8 Å². The van der Waals surface area contributed by atoms with Crippen molar-refractivity contribution in [2.45, 2.75) is 27.2 Å². The number of rotatable bonds is 2. The van der Waals surface area contributed by atoms with Gasteiger partial charge in [-0.3, -0.25) is 4.79 Å². The largest absolute Gasteiger partial charge is 0.294 e. The van der Waals surface area contributed by atoms with Gasteiger partial charge < -0.3 is 0 Å². The maximum Gasteiger partial charge on any atom is 0.165 e. The van der Waals surface area contributed by atoms with Crippen LogP contribution in [0.4, 0.5) is 0 Å². The monoisotopic (exact) mass is 250 g/mol. The molecule has 0 spiro atoms. The Kier molecular flexibility index (Phi) is 3.62. The predicted molar refractivity (Wildman–Crippen MR) is 62.7 cm³/mol. The first-order valence-corrected chi connectivity index (χ1v) is 5.85. The summed E-state index contributed by atoms with van der Waals surface area (Å²) >= 11 is 12.9. The van der Waals surface area contributed by atoms with E-state index in [4.69, 9.17) is 23.2 Å². The van der Waals surface area contributed by atoms with Gasteiger partial charge in [-0.15, -0.1) is 11.3 Å². The molecular weight excluding hydrogens is 239 g/mol. The SMILES string of the molecule is CC(C)(C)CC(=O)c1cc(Cl)sc1Cl. The van der Waals surface area contributed by atoms with E-state index in [9.17, 15) is 4.79 Å². The molecule has 0 radical (unpaired) electrons. The van der Waals surface area contributed by atoms with E-state index in [1.54, 1.807) is 6.07 Å². The van der Waals surface area contributed by atoms with Crippen LogP contribution in [0.25, 0.3) is 0 Å². The average Bonchev–Trinajstić information content (AvgIpc) is 2.26. The fourth-order valence-corrected chi connectivity index (χ4v) is 2.61. The molecule has 14 heavy (non-hydrogen) atoms. The van der Waals surface area contributed by atoms with Crippen molar-refractivity contribution in [1.82, 2.24) is 0 Å². The van der Waals surface area contributed by atoms with E-state index in [1.165, 1.54) is 11.3 Å². The zero-order valence-corrected chi connectivity index (χ0v) is 10.7. The van der Waals surface area contributed by atoms with Gasteiger partial charge in [0.1, 0.15) is 4.34 Å². The molecule has 1 aromatic rings. The highest BCUT2D eigenvalue weighted by Crippen LogP contribution is 2.33. The van der Waals surface area contributed by atoms with E-state index in [-0.39, 0.29) is 11.2 Å². The van der Waals surface area contributed by atoms with Gasteiger partial charge in [-0.1, -0.05) is 44.0 Å². The Morgan fingerprint density at radius 1 is 1.43 bits per heavy atom. The Morgan fingerprint density at radius 2 is 2.00 bits per heavy atom. The Morgan fingerprint density at radius 3 is 2.36 bits per heavy atom. The van der Waals surface area contributed by atoms with Gasteiger partial charge in [0.25, 0.3) is 0 Å². The van der Waals surface area contributed by atoms with Crippen LogP contribution in [0.15, 0.2) is 6.07 Å². The van der Waals surface area contributed by atoms with Gasteiger partial charge in [-0.25, -0.2) is 0 Å². The van der Waals surface area contributed by atoms with Crippen molar-refractivity contribution >= 4 is 40.3 Å². The molecule has 0 aromatic carbocycles. The van der Waals surface area contributed by atoms with Crippen LogP contribution in [0.3, 0.4) is 0 Å². The van der Waals surface area contributed by atoms with E-state index < -0.39 is 0 Å². The van der Waals surface area contributed by atoms with Crippen molar-refractivity contribution in [3.05, 3.63) is 20.3 Å². The fourth-order valence-electron chi connectivity index (χ4n) is 1.11. The standard InChI is InChI=1S/C10H12Cl2OS/c1-10(2,3)5-7(13)6-4-8(11)14-9(6)12/h4H,5H2,1-3H3. The minimum Gasteiger partial charge on any atom is -0.294 e. The fraction of sp³-hybridized carbons (Fsp3) is 0.500. The molecule has 1 heterocycles. The molecule has 0 amide bonds. The maximum absolute atomic E-state index is 11.8. The lowest BCUT2D eigenvalue weighted by molar-refractivity contribution is 0.0940. The van der Waals surface area contributed by atoms with Crippen molar-refractivity contribution in [2.24, 2.45) is 5.41 Å². The van der Waals surface area contributed by atoms with Crippen molar-refractivity contribution in [2.75, 3.05) is 0 Å². The molecule has 0 aliphatic heterocycles. The summed E-state index contributed by atoms with van der Waals surface area (Å²) in [6, 6.07) is 1.64. The van der Waals surface area contributed by atoms with E-state index >= 15 is 0 Å². The second-order valence-corrected chi connectivity index (χ2v) is 6.68. The number of carbonyl (C=O) groups excluding carboxylic acids is 1. The Labute approximate surface area is 98.0 Å². The summed E-state index contributed by atoms with van der Waals surface area (Å²) in [5.41, 5.74) is 0.533. The molecule has 0 unspecified atom stereocenters. The number of thiophene rings is 1. The lowest BCUT2D eigenvalue weighted by Crippen LogP contribution is -2.12. The normalized spacial score (nSPS) is 11.8. The number of Topliss-reactive ketones (excluding diaryl/α,β-unsaturated/α-hetero) is 1. The summed E-state index contributed by atoms with van der Waals surface area (Å²) in [5, 5.41) is 0. The second-order valence-electron chi connectivity index (χ2n) is 4.40. The number of ketones is 1. The molecule has 0 fully saturated rings. The smallest absolute Gasteiger partial charge is 0.165 e. The predicted octanol–water partition coefficient (Wildman–Crippen LogP) is 4.67. The third-order valence-electron chi connectivity index (χ3n) is 1.65. The van der Waals surface area contributed by atoms with Crippen LogP contribution >= 0.6 is 34.5 Å². The van der Waals surface area contributed by atoms with Crippen molar-refractivity contribution in [3.63, 3.8) is 0 Å². The van der Waals surface area contributed by atoms with Gasteiger partial charge in [0.05, 0.1) is 4.34 Å². The first-order chi connectivity index (χ1) is 6.29. The maximum atomic E-state index is 11.8.